The molecule has 2 heteroatoms. The molecule has 0 aliphatic rings. The zero-order valence-electron chi connectivity index (χ0n) is 14.0. The first-order valence-corrected chi connectivity index (χ1v) is 7.91. The van der Waals surface area contributed by atoms with Crippen LogP contribution in [0.15, 0.2) is 91.0 Å². The molecule has 0 saturated heterocycles. The van der Waals surface area contributed by atoms with Crippen LogP contribution in [0.5, 0.6) is 0 Å². The van der Waals surface area contributed by atoms with E-state index in [4.69, 9.17) is 9.90 Å². The molecule has 1 N–H and O–H groups in total. The van der Waals surface area contributed by atoms with Crippen molar-refractivity contribution in [2.75, 3.05) is 0 Å². The van der Waals surface area contributed by atoms with Crippen molar-refractivity contribution in [3.05, 3.63) is 108 Å². The van der Waals surface area contributed by atoms with Gasteiger partial charge in [0.05, 0.1) is 0 Å². The highest BCUT2D eigenvalue weighted by atomic mass is 16.4. The van der Waals surface area contributed by atoms with Crippen molar-refractivity contribution in [1.29, 1.82) is 0 Å². The number of hydrogen-bond acceptors (Lipinski definition) is 1. The van der Waals surface area contributed by atoms with Crippen molar-refractivity contribution in [2.24, 2.45) is 0 Å². The van der Waals surface area contributed by atoms with Crippen LogP contribution in [0, 0.1) is 0 Å². The zero-order chi connectivity index (χ0) is 17.4. The summed E-state index contributed by atoms with van der Waals surface area (Å²) in [6.07, 6.45) is 0. The van der Waals surface area contributed by atoms with Crippen LogP contribution >= 0.6 is 0 Å². The van der Waals surface area contributed by atoms with Crippen molar-refractivity contribution in [3.63, 3.8) is 0 Å². The first-order chi connectivity index (χ1) is 11.5. The largest absolute Gasteiger partial charge is 0.481 e. The van der Waals surface area contributed by atoms with Gasteiger partial charge in [-0.15, -0.1) is 0 Å². The molecule has 0 bridgehead atoms. The molecule has 0 aliphatic carbocycles. The molecule has 0 saturated carbocycles. The molecule has 24 heavy (non-hydrogen) atoms. The second-order valence-corrected chi connectivity index (χ2v) is 5.74. The van der Waals surface area contributed by atoms with Crippen LogP contribution in [-0.2, 0) is 10.2 Å². The molecule has 3 aromatic carbocycles. The Balaban J connectivity index is 0.000000471. The molecule has 0 spiro atoms. The van der Waals surface area contributed by atoms with Gasteiger partial charge in [0, 0.05) is 12.3 Å². The van der Waals surface area contributed by atoms with E-state index < -0.39 is 5.97 Å². The summed E-state index contributed by atoms with van der Waals surface area (Å²) in [6, 6.07) is 32.1. The number of carbonyl (C=O) groups is 1. The molecule has 0 aliphatic heterocycles. The van der Waals surface area contributed by atoms with Crippen LogP contribution in [0.3, 0.4) is 0 Å². The third kappa shape index (κ3) is 4.11. The number of benzene rings is 3. The molecule has 0 atom stereocenters. The second-order valence-electron chi connectivity index (χ2n) is 5.74. The fourth-order valence-electron chi connectivity index (χ4n) is 2.81. The lowest BCUT2D eigenvalue weighted by molar-refractivity contribution is -0.134. The molecular weight excluding hydrogens is 296 g/mol. The van der Waals surface area contributed by atoms with E-state index in [-0.39, 0.29) is 5.41 Å². The lowest BCUT2D eigenvalue weighted by atomic mass is 9.71. The van der Waals surface area contributed by atoms with Crippen LogP contribution in [0.25, 0.3) is 0 Å². The van der Waals surface area contributed by atoms with Crippen molar-refractivity contribution < 1.29 is 9.90 Å². The normalized spacial score (nSPS) is 10.4. The molecule has 2 nitrogen and oxygen atoms in total. The van der Waals surface area contributed by atoms with Gasteiger partial charge in [0.15, 0.2) is 0 Å². The predicted octanol–water partition coefficient (Wildman–Crippen LogP) is 5.13. The van der Waals surface area contributed by atoms with Crippen LogP contribution in [0.2, 0.25) is 0 Å². The van der Waals surface area contributed by atoms with E-state index in [0.717, 1.165) is 6.92 Å². The molecule has 0 fully saturated rings. The summed E-state index contributed by atoms with van der Waals surface area (Å²) >= 11 is 0. The minimum Gasteiger partial charge on any atom is -0.481 e. The van der Waals surface area contributed by atoms with Gasteiger partial charge in [-0.05, 0) is 23.6 Å². The minimum absolute atomic E-state index is 0.121. The first-order valence-electron chi connectivity index (χ1n) is 7.91. The van der Waals surface area contributed by atoms with Crippen LogP contribution < -0.4 is 0 Å². The Bertz CT molecular complexity index is 649. The minimum atomic E-state index is -0.833. The van der Waals surface area contributed by atoms with Crippen LogP contribution in [0.1, 0.15) is 30.5 Å². The van der Waals surface area contributed by atoms with E-state index in [1.807, 2.05) is 0 Å². The number of carboxylic acid groups (broad SMARTS) is 1. The quantitative estimate of drug-likeness (QED) is 0.680. The molecule has 3 aromatic rings. The van der Waals surface area contributed by atoms with Gasteiger partial charge in [0.2, 0.25) is 0 Å². The standard InChI is InChI=1S/C20H18.C2H4O2/c1-20(17-11-5-2-6-12-17,18-13-7-3-8-14-18)19-15-9-4-10-16-19;1-2(3)4/h2-16H,1H3;1H3,(H,3,4). The van der Waals surface area contributed by atoms with E-state index in [2.05, 4.69) is 97.9 Å². The van der Waals surface area contributed by atoms with Gasteiger partial charge in [-0.25, -0.2) is 0 Å². The summed E-state index contributed by atoms with van der Waals surface area (Å²) in [6.45, 7) is 3.38. The van der Waals surface area contributed by atoms with E-state index in [9.17, 15) is 0 Å². The molecular formula is C22H22O2. The molecule has 0 radical (unpaired) electrons. The summed E-state index contributed by atoms with van der Waals surface area (Å²) in [7, 11) is 0. The van der Waals surface area contributed by atoms with Gasteiger partial charge in [-0.1, -0.05) is 91.0 Å². The van der Waals surface area contributed by atoms with Gasteiger partial charge < -0.3 is 5.11 Å². The van der Waals surface area contributed by atoms with Gasteiger partial charge in [0.25, 0.3) is 5.97 Å². The third-order valence-corrected chi connectivity index (χ3v) is 4.05. The van der Waals surface area contributed by atoms with Crippen LogP contribution in [0.4, 0.5) is 0 Å². The monoisotopic (exact) mass is 318 g/mol. The highest BCUT2D eigenvalue weighted by molar-refractivity contribution is 5.63. The SMILES string of the molecule is CC(=O)O.CC(c1ccccc1)(c1ccccc1)c1ccccc1. The molecule has 0 amide bonds. The smallest absolute Gasteiger partial charge is 0.300 e. The van der Waals surface area contributed by atoms with Crippen molar-refractivity contribution in [2.45, 2.75) is 19.3 Å². The Labute approximate surface area is 143 Å². The van der Waals surface area contributed by atoms with Gasteiger partial charge >= 0.3 is 0 Å². The highest BCUT2D eigenvalue weighted by Gasteiger charge is 2.30. The Kier molecular flexibility index (Phi) is 5.91. The maximum atomic E-state index is 9.00. The number of hydrogen-bond donors (Lipinski definition) is 1. The summed E-state index contributed by atoms with van der Waals surface area (Å²) in [5.41, 5.74) is 3.83. The fraction of sp³-hybridized carbons (Fsp3) is 0.136. The zero-order valence-corrected chi connectivity index (χ0v) is 14.0. The number of rotatable bonds is 3. The van der Waals surface area contributed by atoms with E-state index in [0.29, 0.717) is 0 Å². The Hall–Kier alpha value is -2.87. The predicted molar refractivity (Wildman–Crippen MR) is 98.2 cm³/mol. The summed E-state index contributed by atoms with van der Waals surface area (Å²) < 4.78 is 0. The fourth-order valence-corrected chi connectivity index (χ4v) is 2.81. The lowest BCUT2D eigenvalue weighted by Gasteiger charge is -2.31. The van der Waals surface area contributed by atoms with E-state index >= 15 is 0 Å². The Morgan fingerprint density at radius 1 is 0.667 bits per heavy atom. The molecule has 0 unspecified atom stereocenters. The summed E-state index contributed by atoms with van der Waals surface area (Å²) in [5.74, 6) is -0.833. The average Bonchev–Trinajstić information content (AvgIpc) is 2.63. The van der Waals surface area contributed by atoms with Gasteiger partial charge in [-0.2, -0.15) is 0 Å². The Morgan fingerprint density at radius 3 is 1.08 bits per heavy atom. The van der Waals surface area contributed by atoms with Crippen molar-refractivity contribution in [1.82, 2.24) is 0 Å². The summed E-state index contributed by atoms with van der Waals surface area (Å²) in [4.78, 5) is 9.00. The molecule has 122 valence electrons. The summed E-state index contributed by atoms with van der Waals surface area (Å²) in [5, 5.41) is 7.42. The van der Waals surface area contributed by atoms with E-state index in [1.165, 1.54) is 16.7 Å². The Morgan fingerprint density at radius 2 is 0.875 bits per heavy atom. The van der Waals surface area contributed by atoms with Crippen molar-refractivity contribution in [3.8, 4) is 0 Å². The average molecular weight is 318 g/mol. The van der Waals surface area contributed by atoms with Crippen LogP contribution in [-0.4, -0.2) is 11.1 Å². The maximum Gasteiger partial charge on any atom is 0.300 e. The third-order valence-electron chi connectivity index (χ3n) is 4.05. The maximum absolute atomic E-state index is 9.00. The first kappa shape index (κ1) is 17.5. The lowest BCUT2D eigenvalue weighted by Crippen LogP contribution is -2.25. The molecule has 3 rings (SSSR count). The van der Waals surface area contributed by atoms with Crippen molar-refractivity contribution >= 4 is 5.97 Å². The number of aliphatic carboxylic acids is 1. The topological polar surface area (TPSA) is 37.3 Å². The van der Waals surface area contributed by atoms with Gasteiger partial charge in [0.1, 0.15) is 0 Å². The second kappa shape index (κ2) is 8.11. The molecule has 0 aromatic heterocycles. The van der Waals surface area contributed by atoms with E-state index in [1.54, 1.807) is 0 Å². The van der Waals surface area contributed by atoms with Gasteiger partial charge in [-0.3, -0.25) is 4.79 Å². The molecule has 0 heterocycles. The highest BCUT2D eigenvalue weighted by Crippen LogP contribution is 2.38. The number of carboxylic acids is 1.